The molecule has 0 saturated carbocycles. The second kappa shape index (κ2) is 9.14. The molecule has 33 heavy (non-hydrogen) atoms. The monoisotopic (exact) mass is 565 g/mol. The first kappa shape index (κ1) is 25.9. The summed E-state index contributed by atoms with van der Waals surface area (Å²) in [5.74, 6) is -4.81. The Morgan fingerprint density at radius 2 is 1.79 bits per heavy atom. The highest BCUT2D eigenvalue weighted by atomic mass is 35.5. The highest BCUT2D eigenvalue weighted by Gasteiger charge is 2.39. The second-order valence-corrected chi connectivity index (χ2v) is 12.0. The van der Waals surface area contributed by atoms with Crippen LogP contribution in [0.3, 0.4) is 0 Å². The minimum atomic E-state index is -5.25. The van der Waals surface area contributed by atoms with Crippen molar-refractivity contribution in [1.29, 1.82) is 0 Å². The predicted molar refractivity (Wildman–Crippen MR) is 114 cm³/mol. The molecule has 0 aliphatic heterocycles. The maximum Gasteiger partial charge on any atom is 0.454 e. The van der Waals surface area contributed by atoms with Crippen molar-refractivity contribution < 1.29 is 44.8 Å². The molecule has 0 amide bonds. The third kappa shape index (κ3) is 5.86. The standard InChI is InChI=1S/C17H10Cl2F4NO6PS2/c18-10-2-3-11(19)15-9(10)6-14(32-15)33(28,29)24-7-31(26,27)30-13-4-1-8(5-12(13)20)16(25)17(21,22)23/h1-6,24H,7H2,(H,26,27). The van der Waals surface area contributed by atoms with Gasteiger partial charge in [0.25, 0.3) is 15.8 Å². The van der Waals surface area contributed by atoms with E-state index in [-0.39, 0.29) is 20.3 Å². The molecule has 2 aromatic carbocycles. The minimum absolute atomic E-state index is 0.181. The summed E-state index contributed by atoms with van der Waals surface area (Å²) in [6.07, 6.45) is -6.45. The van der Waals surface area contributed by atoms with Gasteiger partial charge in [0.2, 0.25) is 0 Å². The number of fused-ring (bicyclic) bond motifs is 1. The molecule has 3 rings (SSSR count). The van der Waals surface area contributed by atoms with Gasteiger partial charge in [-0.1, -0.05) is 23.2 Å². The van der Waals surface area contributed by atoms with Crippen LogP contribution in [0.5, 0.6) is 5.75 Å². The Kier molecular flexibility index (Phi) is 7.17. The molecule has 3 aromatic rings. The summed E-state index contributed by atoms with van der Waals surface area (Å²) in [6.45, 7) is 0. The molecular formula is C17H10Cl2F4NO6PS2. The Balaban J connectivity index is 1.76. The molecule has 16 heteroatoms. The van der Waals surface area contributed by atoms with Crippen LogP contribution in [-0.4, -0.2) is 31.6 Å². The van der Waals surface area contributed by atoms with Crippen molar-refractivity contribution in [2.75, 3.05) is 6.29 Å². The lowest BCUT2D eigenvalue weighted by Crippen LogP contribution is -2.25. The van der Waals surface area contributed by atoms with Gasteiger partial charge in [-0.3, -0.25) is 4.79 Å². The average molecular weight is 566 g/mol. The lowest BCUT2D eigenvalue weighted by molar-refractivity contribution is -0.0885. The molecule has 1 heterocycles. The molecule has 2 N–H and O–H groups in total. The molecule has 7 nitrogen and oxygen atoms in total. The largest absolute Gasteiger partial charge is 0.454 e. The molecular weight excluding hydrogens is 556 g/mol. The van der Waals surface area contributed by atoms with Crippen molar-refractivity contribution in [1.82, 2.24) is 4.72 Å². The van der Waals surface area contributed by atoms with Gasteiger partial charge in [-0.15, -0.1) is 11.3 Å². The Morgan fingerprint density at radius 3 is 2.36 bits per heavy atom. The normalized spacial score (nSPS) is 14.3. The predicted octanol–water partition coefficient (Wildman–Crippen LogP) is 5.59. The van der Waals surface area contributed by atoms with Crippen LogP contribution in [-0.2, 0) is 14.6 Å². The molecule has 0 bridgehead atoms. The Labute approximate surface area is 197 Å². The van der Waals surface area contributed by atoms with E-state index in [1.165, 1.54) is 18.2 Å². The number of nitrogens with one attached hydrogen (secondary N) is 1. The molecule has 0 aliphatic rings. The van der Waals surface area contributed by atoms with Crippen LogP contribution in [0.2, 0.25) is 10.0 Å². The summed E-state index contributed by atoms with van der Waals surface area (Å²) >= 11 is 12.8. The number of sulfonamides is 1. The fourth-order valence-corrected chi connectivity index (χ4v) is 6.98. The van der Waals surface area contributed by atoms with Gasteiger partial charge in [-0.05, 0) is 36.4 Å². The number of halogens is 6. The van der Waals surface area contributed by atoms with E-state index in [1.54, 1.807) is 0 Å². The lowest BCUT2D eigenvalue weighted by atomic mass is 10.1. The van der Waals surface area contributed by atoms with Gasteiger partial charge in [-0.25, -0.2) is 17.4 Å². The van der Waals surface area contributed by atoms with E-state index < -0.39 is 53.0 Å². The third-order valence-electron chi connectivity index (χ3n) is 3.97. The molecule has 0 aliphatic carbocycles. The SMILES string of the molecule is O=C(c1ccc(OP(=O)(O)CNS(=O)(=O)c2cc3c(Cl)ccc(Cl)c3s2)c(F)c1)C(F)(F)F. The van der Waals surface area contributed by atoms with Crippen molar-refractivity contribution in [2.24, 2.45) is 0 Å². The summed E-state index contributed by atoms with van der Waals surface area (Å²) in [6, 6.07) is 5.39. The van der Waals surface area contributed by atoms with Gasteiger partial charge in [0, 0.05) is 16.0 Å². The summed E-state index contributed by atoms with van der Waals surface area (Å²) in [5, 5.41) is 0.805. The van der Waals surface area contributed by atoms with Gasteiger partial charge < -0.3 is 9.42 Å². The van der Waals surface area contributed by atoms with Gasteiger partial charge in [0.1, 0.15) is 10.5 Å². The first-order chi connectivity index (χ1) is 15.1. The molecule has 0 radical (unpaired) electrons. The van der Waals surface area contributed by atoms with E-state index in [0.29, 0.717) is 22.2 Å². The number of Topliss-reactive ketones (excluding diaryl/α,β-unsaturated/α-hetero) is 1. The van der Waals surface area contributed by atoms with Crippen LogP contribution in [0.4, 0.5) is 17.6 Å². The van der Waals surface area contributed by atoms with Gasteiger partial charge in [0.15, 0.2) is 11.6 Å². The lowest BCUT2D eigenvalue weighted by Gasteiger charge is -2.15. The van der Waals surface area contributed by atoms with Crippen molar-refractivity contribution in [3.05, 3.63) is 57.8 Å². The number of alkyl halides is 3. The second-order valence-electron chi connectivity index (χ2n) is 6.34. The van der Waals surface area contributed by atoms with Crippen molar-refractivity contribution in [3.8, 4) is 5.75 Å². The fourth-order valence-electron chi connectivity index (χ4n) is 2.47. The first-order valence-corrected chi connectivity index (χ1v) is 13.2. The summed E-state index contributed by atoms with van der Waals surface area (Å²) in [7, 11) is -9.22. The number of rotatable bonds is 7. The zero-order valence-corrected chi connectivity index (χ0v) is 19.7. The molecule has 1 aromatic heterocycles. The van der Waals surface area contributed by atoms with Crippen molar-refractivity contribution >= 4 is 68.0 Å². The van der Waals surface area contributed by atoms with E-state index in [2.05, 4.69) is 4.52 Å². The number of thiophene rings is 1. The van der Waals surface area contributed by atoms with Crippen molar-refractivity contribution in [2.45, 2.75) is 10.4 Å². The summed E-state index contributed by atoms with van der Waals surface area (Å²) in [4.78, 5) is 21.0. The molecule has 0 spiro atoms. The Bertz CT molecular complexity index is 1370. The average Bonchev–Trinajstić information content (AvgIpc) is 3.18. The van der Waals surface area contributed by atoms with Crippen LogP contribution in [0, 0.1) is 5.82 Å². The van der Waals surface area contributed by atoms with E-state index in [1.807, 2.05) is 4.72 Å². The number of carbonyl (C=O) groups excluding carboxylic acids is 1. The van der Waals surface area contributed by atoms with Crippen molar-refractivity contribution in [3.63, 3.8) is 0 Å². The number of benzene rings is 2. The zero-order valence-electron chi connectivity index (χ0n) is 15.7. The third-order valence-corrected chi connectivity index (χ3v) is 9.02. The molecule has 0 saturated heterocycles. The van der Waals surface area contributed by atoms with E-state index in [4.69, 9.17) is 23.2 Å². The summed E-state index contributed by atoms with van der Waals surface area (Å²) < 4.78 is 95.1. The molecule has 0 fully saturated rings. The maximum atomic E-state index is 14.0. The van der Waals surface area contributed by atoms with E-state index in [9.17, 15) is 40.2 Å². The quantitative estimate of drug-likeness (QED) is 0.219. The highest BCUT2D eigenvalue weighted by Crippen LogP contribution is 2.43. The smallest absolute Gasteiger partial charge is 0.420 e. The topological polar surface area (TPSA) is 110 Å². The number of ketones is 1. The van der Waals surface area contributed by atoms with Crippen LogP contribution in [0.1, 0.15) is 10.4 Å². The van der Waals surface area contributed by atoms with Crippen LogP contribution in [0.25, 0.3) is 10.1 Å². The molecule has 1 atom stereocenters. The van der Waals surface area contributed by atoms with Crippen LogP contribution in [0.15, 0.2) is 40.6 Å². The molecule has 178 valence electrons. The van der Waals surface area contributed by atoms with Gasteiger partial charge in [0.05, 0.1) is 9.72 Å². The Hall–Kier alpha value is -1.73. The van der Waals surface area contributed by atoms with E-state index in [0.717, 1.165) is 11.3 Å². The minimum Gasteiger partial charge on any atom is -0.420 e. The van der Waals surface area contributed by atoms with Gasteiger partial charge >= 0.3 is 13.8 Å². The first-order valence-electron chi connectivity index (χ1n) is 8.40. The maximum absolute atomic E-state index is 14.0. The summed E-state index contributed by atoms with van der Waals surface area (Å²) in [5.41, 5.74) is -1.05. The fraction of sp³-hybridized carbons (Fsp3) is 0.118. The molecule has 1 unspecified atom stereocenters. The van der Waals surface area contributed by atoms with Gasteiger partial charge in [-0.2, -0.15) is 17.9 Å². The van der Waals surface area contributed by atoms with Crippen LogP contribution >= 0.6 is 42.1 Å². The van der Waals surface area contributed by atoms with E-state index >= 15 is 0 Å². The van der Waals surface area contributed by atoms with Crippen LogP contribution < -0.4 is 9.25 Å². The zero-order chi connectivity index (χ0) is 24.8. The number of hydrogen-bond acceptors (Lipinski definition) is 6. The number of hydrogen-bond donors (Lipinski definition) is 2. The Morgan fingerprint density at radius 1 is 1.15 bits per heavy atom. The number of carbonyl (C=O) groups is 1. The highest BCUT2D eigenvalue weighted by molar-refractivity contribution is 7.92.